The third-order valence-corrected chi connectivity index (χ3v) is 3.73. The molecule has 6 heteroatoms. The van der Waals surface area contributed by atoms with Gasteiger partial charge in [-0.25, -0.2) is 4.98 Å². The highest BCUT2D eigenvalue weighted by Crippen LogP contribution is 2.27. The zero-order valence-corrected chi connectivity index (χ0v) is 9.07. The minimum absolute atomic E-state index is 0.354. The van der Waals surface area contributed by atoms with Crippen molar-refractivity contribution in [2.24, 2.45) is 0 Å². The monoisotopic (exact) mass is 216 g/mol. The molecule has 0 radical (unpaired) electrons. The molecule has 2 N–H and O–H groups in total. The van der Waals surface area contributed by atoms with Crippen molar-refractivity contribution in [3.63, 3.8) is 0 Å². The van der Waals surface area contributed by atoms with Gasteiger partial charge in [-0.05, 0) is 7.05 Å². The normalized spacial score (nSPS) is 24.8. The molecule has 1 aromatic heterocycles. The van der Waals surface area contributed by atoms with Crippen LogP contribution in [0.5, 0.6) is 0 Å². The van der Waals surface area contributed by atoms with Crippen molar-refractivity contribution in [3.05, 3.63) is 5.82 Å². The van der Waals surface area contributed by atoms with Crippen LogP contribution in [-0.2, 0) is 0 Å². The third kappa shape index (κ3) is 1.95. The molecule has 1 aliphatic rings. The quantitative estimate of drug-likeness (QED) is 0.754. The first-order valence-electron chi connectivity index (χ1n) is 4.14. The van der Waals surface area contributed by atoms with E-state index >= 15 is 0 Å². The molecule has 1 aromatic rings. The molecule has 0 amide bonds. The van der Waals surface area contributed by atoms with E-state index in [-0.39, 0.29) is 0 Å². The summed E-state index contributed by atoms with van der Waals surface area (Å²) >= 11 is 3.23. The maximum atomic E-state index is 5.55. The lowest BCUT2D eigenvalue weighted by atomic mass is 10.3. The van der Waals surface area contributed by atoms with Gasteiger partial charge in [0, 0.05) is 29.6 Å². The van der Waals surface area contributed by atoms with Crippen LogP contribution < -0.4 is 5.73 Å². The highest BCUT2D eigenvalue weighted by molar-refractivity contribution is 7.99. The Kier molecular flexibility index (Phi) is 2.71. The summed E-state index contributed by atoms with van der Waals surface area (Å²) in [6, 6.07) is 0.354. The van der Waals surface area contributed by atoms with Gasteiger partial charge in [-0.3, -0.25) is 4.90 Å². The number of nitrogens with zero attached hydrogens (tertiary/aromatic N) is 3. The van der Waals surface area contributed by atoms with Crippen molar-refractivity contribution in [1.29, 1.82) is 0 Å². The zero-order chi connectivity index (χ0) is 9.26. The zero-order valence-electron chi connectivity index (χ0n) is 7.43. The largest absolute Gasteiger partial charge is 0.374 e. The SMILES string of the molecule is CN1CCSCC1c1nsc(N)n1. The van der Waals surface area contributed by atoms with E-state index in [0.29, 0.717) is 11.2 Å². The standard InChI is InChI=1S/C7H12N4S2/c1-11-2-3-12-4-5(11)6-9-7(8)13-10-6/h5H,2-4H2,1H3,(H2,8,9,10). The summed E-state index contributed by atoms with van der Waals surface area (Å²) in [5, 5.41) is 0.568. The number of thioether (sulfide) groups is 1. The molecular weight excluding hydrogens is 204 g/mol. The summed E-state index contributed by atoms with van der Waals surface area (Å²) in [4.78, 5) is 6.50. The molecular formula is C7H12N4S2. The van der Waals surface area contributed by atoms with Crippen LogP contribution in [-0.4, -0.2) is 39.4 Å². The van der Waals surface area contributed by atoms with Crippen LogP contribution in [0.1, 0.15) is 11.9 Å². The van der Waals surface area contributed by atoms with Crippen LogP contribution >= 0.6 is 23.3 Å². The molecule has 2 heterocycles. The van der Waals surface area contributed by atoms with Gasteiger partial charge in [-0.2, -0.15) is 16.1 Å². The average molecular weight is 216 g/mol. The summed E-state index contributed by atoms with van der Waals surface area (Å²) in [5.41, 5.74) is 5.55. The van der Waals surface area contributed by atoms with Gasteiger partial charge in [0.15, 0.2) is 11.0 Å². The van der Waals surface area contributed by atoms with Crippen LogP contribution in [0.4, 0.5) is 5.13 Å². The van der Waals surface area contributed by atoms with Crippen LogP contribution in [0.3, 0.4) is 0 Å². The van der Waals surface area contributed by atoms with E-state index in [0.717, 1.165) is 18.1 Å². The maximum absolute atomic E-state index is 5.55. The van der Waals surface area contributed by atoms with E-state index in [1.165, 1.54) is 17.3 Å². The number of rotatable bonds is 1. The summed E-state index contributed by atoms with van der Waals surface area (Å²) in [5.74, 6) is 3.16. The molecule has 1 fully saturated rings. The third-order valence-electron chi connectivity index (χ3n) is 2.15. The van der Waals surface area contributed by atoms with E-state index < -0.39 is 0 Å². The van der Waals surface area contributed by atoms with Crippen LogP contribution in [0.25, 0.3) is 0 Å². The second-order valence-electron chi connectivity index (χ2n) is 3.06. The topological polar surface area (TPSA) is 55.0 Å². The molecule has 13 heavy (non-hydrogen) atoms. The Morgan fingerprint density at radius 3 is 3.08 bits per heavy atom. The second-order valence-corrected chi connectivity index (χ2v) is 5.00. The Morgan fingerprint density at radius 1 is 1.62 bits per heavy atom. The minimum atomic E-state index is 0.354. The Balaban J connectivity index is 2.14. The first kappa shape index (κ1) is 9.23. The van der Waals surface area contributed by atoms with Gasteiger partial charge < -0.3 is 5.73 Å². The lowest BCUT2D eigenvalue weighted by Crippen LogP contribution is -2.33. The van der Waals surface area contributed by atoms with E-state index in [4.69, 9.17) is 5.73 Å². The predicted molar refractivity (Wildman–Crippen MR) is 57.0 cm³/mol. The molecule has 1 aliphatic heterocycles. The van der Waals surface area contributed by atoms with Crippen molar-refractivity contribution < 1.29 is 0 Å². The van der Waals surface area contributed by atoms with Crippen LogP contribution in [0, 0.1) is 0 Å². The van der Waals surface area contributed by atoms with Gasteiger partial charge in [0.25, 0.3) is 0 Å². The second kappa shape index (κ2) is 3.81. The fourth-order valence-electron chi connectivity index (χ4n) is 1.34. The predicted octanol–water partition coefficient (Wildman–Crippen LogP) is 0.840. The average Bonchev–Trinajstić information content (AvgIpc) is 2.53. The van der Waals surface area contributed by atoms with Gasteiger partial charge in [0.1, 0.15) is 0 Å². The molecule has 1 atom stereocenters. The first-order chi connectivity index (χ1) is 6.27. The number of nitrogens with two attached hydrogens (primary N) is 1. The summed E-state index contributed by atoms with van der Waals surface area (Å²) in [6.45, 7) is 1.11. The Morgan fingerprint density at radius 2 is 2.46 bits per heavy atom. The highest BCUT2D eigenvalue weighted by Gasteiger charge is 2.24. The molecule has 1 unspecified atom stereocenters. The Labute approximate surface area is 85.7 Å². The number of anilines is 1. The summed E-state index contributed by atoms with van der Waals surface area (Å²) < 4.78 is 4.24. The molecule has 0 aliphatic carbocycles. The number of hydrogen-bond donors (Lipinski definition) is 1. The first-order valence-corrected chi connectivity index (χ1v) is 6.07. The number of hydrogen-bond acceptors (Lipinski definition) is 6. The van der Waals surface area contributed by atoms with Gasteiger partial charge in [0.2, 0.25) is 0 Å². The summed E-state index contributed by atoms with van der Waals surface area (Å²) in [7, 11) is 2.11. The highest BCUT2D eigenvalue weighted by atomic mass is 32.2. The molecule has 0 bridgehead atoms. The minimum Gasteiger partial charge on any atom is -0.374 e. The molecule has 0 aromatic carbocycles. The lowest BCUT2D eigenvalue weighted by Gasteiger charge is -2.29. The van der Waals surface area contributed by atoms with Crippen molar-refractivity contribution in [1.82, 2.24) is 14.3 Å². The van der Waals surface area contributed by atoms with Crippen molar-refractivity contribution >= 4 is 28.4 Å². The van der Waals surface area contributed by atoms with Crippen LogP contribution in [0.15, 0.2) is 0 Å². The fraction of sp³-hybridized carbons (Fsp3) is 0.714. The molecule has 0 saturated carbocycles. The maximum Gasteiger partial charge on any atom is 0.199 e. The van der Waals surface area contributed by atoms with E-state index in [2.05, 4.69) is 21.3 Å². The Hall–Kier alpha value is -0.330. The summed E-state index contributed by atoms with van der Waals surface area (Å²) in [6.07, 6.45) is 0. The van der Waals surface area contributed by atoms with Crippen molar-refractivity contribution in [2.45, 2.75) is 6.04 Å². The molecule has 2 rings (SSSR count). The van der Waals surface area contributed by atoms with E-state index in [1.54, 1.807) is 0 Å². The van der Waals surface area contributed by atoms with Gasteiger partial charge in [0.05, 0.1) is 6.04 Å². The Bertz CT molecular complexity index is 288. The van der Waals surface area contributed by atoms with E-state index in [1.807, 2.05) is 11.8 Å². The molecule has 1 saturated heterocycles. The van der Waals surface area contributed by atoms with Crippen LogP contribution in [0.2, 0.25) is 0 Å². The molecule has 4 nitrogen and oxygen atoms in total. The molecule has 72 valence electrons. The fourth-order valence-corrected chi connectivity index (χ4v) is 3.04. The number of nitrogen functional groups attached to an aromatic ring is 1. The smallest absolute Gasteiger partial charge is 0.199 e. The van der Waals surface area contributed by atoms with Crippen molar-refractivity contribution in [2.75, 3.05) is 30.8 Å². The van der Waals surface area contributed by atoms with Gasteiger partial charge >= 0.3 is 0 Å². The van der Waals surface area contributed by atoms with Gasteiger partial charge in [-0.15, -0.1) is 0 Å². The van der Waals surface area contributed by atoms with E-state index in [9.17, 15) is 0 Å². The van der Waals surface area contributed by atoms with Crippen molar-refractivity contribution in [3.8, 4) is 0 Å². The van der Waals surface area contributed by atoms with Gasteiger partial charge in [-0.1, -0.05) is 0 Å². The lowest BCUT2D eigenvalue weighted by molar-refractivity contribution is 0.266. The number of aromatic nitrogens is 2. The molecule has 0 spiro atoms.